The second kappa shape index (κ2) is 9.48. The van der Waals surface area contributed by atoms with Crippen LogP contribution in [-0.4, -0.2) is 0 Å². The molecular formula is C3H3U-. The maximum absolute atomic E-state index is 5.96. The van der Waals surface area contributed by atoms with Crippen LogP contribution in [0.5, 0.6) is 0 Å². The quantitative estimate of drug-likeness (QED) is 0.449. The molecule has 0 aliphatic carbocycles. The van der Waals surface area contributed by atoms with Crippen molar-refractivity contribution in [1.29, 1.82) is 0 Å². The molecule has 0 fully saturated rings. The molecule has 0 saturated heterocycles. The fraction of sp³-hybridized carbons (Fsp3) is 0.333. The first-order valence-corrected chi connectivity index (χ1v) is 0.750. The van der Waals surface area contributed by atoms with Crippen LogP contribution in [0.4, 0.5) is 0 Å². The van der Waals surface area contributed by atoms with Crippen LogP contribution >= 0.6 is 0 Å². The van der Waals surface area contributed by atoms with Crippen LogP contribution in [0.3, 0.4) is 0 Å². The summed E-state index contributed by atoms with van der Waals surface area (Å²) in [5, 5.41) is 0. The number of hydrogen-bond donors (Lipinski definition) is 0. The second-order valence-corrected chi connectivity index (χ2v) is 0.250. The van der Waals surface area contributed by atoms with E-state index in [1.54, 1.807) is 6.92 Å². The van der Waals surface area contributed by atoms with Crippen molar-refractivity contribution in [2.75, 3.05) is 0 Å². The van der Waals surface area contributed by atoms with Gasteiger partial charge in [-0.25, -0.2) is 0 Å². The number of rotatable bonds is 0. The van der Waals surface area contributed by atoms with Crippen molar-refractivity contribution in [1.82, 2.24) is 0 Å². The van der Waals surface area contributed by atoms with E-state index >= 15 is 0 Å². The van der Waals surface area contributed by atoms with Gasteiger partial charge in [0.2, 0.25) is 0 Å². The molecule has 0 amide bonds. The van der Waals surface area contributed by atoms with Gasteiger partial charge in [-0.2, -0.15) is 0 Å². The number of hydrogen-bond acceptors (Lipinski definition) is 0. The molecule has 0 radical (unpaired) electrons. The van der Waals surface area contributed by atoms with E-state index in [9.17, 15) is 0 Å². The first-order chi connectivity index (χ1) is 1.41. The molecule has 0 N–H and O–H groups in total. The Morgan fingerprint density at radius 3 is 1.75 bits per heavy atom. The van der Waals surface area contributed by atoms with Crippen molar-refractivity contribution < 1.29 is 31.1 Å². The van der Waals surface area contributed by atoms with Crippen LogP contribution in [0, 0.1) is 43.5 Å². The molecule has 20 valence electrons. The standard InChI is InChI=1S/C3H3.U/c1-3-2;/h1H3;/q-1;. The summed E-state index contributed by atoms with van der Waals surface area (Å²) >= 11 is 0. The van der Waals surface area contributed by atoms with E-state index in [2.05, 4.69) is 0 Å². The minimum atomic E-state index is 0. The monoisotopic (exact) mass is 277 g/mol. The van der Waals surface area contributed by atoms with Crippen LogP contribution in [0.15, 0.2) is 0 Å². The van der Waals surface area contributed by atoms with Gasteiger partial charge in [0.25, 0.3) is 0 Å². The topological polar surface area (TPSA) is 0 Å². The van der Waals surface area contributed by atoms with Crippen molar-refractivity contribution in [3.63, 3.8) is 0 Å². The van der Waals surface area contributed by atoms with Gasteiger partial charge in [0.05, 0.1) is 0 Å². The van der Waals surface area contributed by atoms with Gasteiger partial charge >= 0.3 is 0 Å². The molecule has 0 nitrogen and oxygen atoms in total. The summed E-state index contributed by atoms with van der Waals surface area (Å²) in [6.07, 6.45) is 5.96. The van der Waals surface area contributed by atoms with Crippen LogP contribution in [0.2, 0.25) is 0 Å². The SMILES string of the molecule is [C-]#CC.[U]. The Labute approximate surface area is 50.3 Å². The Morgan fingerprint density at radius 2 is 1.75 bits per heavy atom. The van der Waals surface area contributed by atoms with E-state index in [1.165, 1.54) is 0 Å². The van der Waals surface area contributed by atoms with Crippen LogP contribution in [-0.2, 0) is 0 Å². The molecule has 0 aromatic heterocycles. The molecule has 0 spiro atoms. The first kappa shape index (κ1) is 8.82. The third kappa shape index (κ3) is 18.1. The Bertz CT molecular complexity index is 24.8. The Hall–Kier alpha value is 0.612. The van der Waals surface area contributed by atoms with Crippen molar-refractivity contribution >= 4 is 0 Å². The van der Waals surface area contributed by atoms with Crippen LogP contribution in [0.1, 0.15) is 6.92 Å². The maximum atomic E-state index is 5.96. The zero-order valence-corrected chi connectivity index (χ0v) is 6.66. The van der Waals surface area contributed by atoms with Crippen molar-refractivity contribution in [2.24, 2.45) is 0 Å². The molecule has 0 aliphatic rings. The van der Waals surface area contributed by atoms with E-state index < -0.39 is 0 Å². The largest absolute Gasteiger partial charge is 0.694 e. The van der Waals surface area contributed by atoms with Crippen molar-refractivity contribution in [3.8, 4) is 5.92 Å². The zero-order chi connectivity index (χ0) is 2.71. The summed E-state index contributed by atoms with van der Waals surface area (Å²) in [6.45, 7) is 1.54. The maximum Gasteiger partial charge on any atom is 0 e. The molecular weight excluding hydrogens is 274 g/mol. The molecule has 0 rings (SSSR count). The fourth-order valence-corrected chi connectivity index (χ4v) is 0. The molecule has 0 unspecified atom stereocenters. The van der Waals surface area contributed by atoms with Gasteiger partial charge in [-0.1, -0.05) is 0 Å². The minimum Gasteiger partial charge on any atom is -0.694 e. The van der Waals surface area contributed by atoms with Gasteiger partial charge in [0.15, 0.2) is 0 Å². The van der Waals surface area contributed by atoms with Crippen LogP contribution in [0.25, 0.3) is 0 Å². The van der Waals surface area contributed by atoms with E-state index in [1.807, 2.05) is 5.92 Å². The molecule has 0 aliphatic heterocycles. The van der Waals surface area contributed by atoms with E-state index in [4.69, 9.17) is 6.42 Å². The Balaban J connectivity index is 0. The minimum absolute atomic E-state index is 0. The summed E-state index contributed by atoms with van der Waals surface area (Å²) in [7, 11) is 0. The predicted octanol–water partition coefficient (Wildman–Crippen LogP) is 0.596. The van der Waals surface area contributed by atoms with Gasteiger partial charge in [0.1, 0.15) is 0 Å². The molecule has 0 aromatic rings. The Morgan fingerprint density at radius 1 is 1.75 bits per heavy atom. The van der Waals surface area contributed by atoms with Gasteiger partial charge < -0.3 is 12.3 Å². The zero-order valence-electron chi connectivity index (χ0n) is 2.50. The first-order valence-electron chi connectivity index (χ1n) is 0.750. The van der Waals surface area contributed by atoms with Gasteiger partial charge in [-0.15, -0.1) is 0 Å². The summed E-state index contributed by atoms with van der Waals surface area (Å²) in [6, 6.07) is 0. The molecule has 0 heterocycles. The fourth-order valence-electron chi connectivity index (χ4n) is 0. The van der Waals surface area contributed by atoms with Crippen molar-refractivity contribution in [2.45, 2.75) is 6.92 Å². The molecule has 0 saturated carbocycles. The molecule has 4 heavy (non-hydrogen) atoms. The van der Waals surface area contributed by atoms with E-state index in [-0.39, 0.29) is 31.1 Å². The van der Waals surface area contributed by atoms with Gasteiger partial charge in [-0.3, -0.25) is 0 Å². The van der Waals surface area contributed by atoms with Crippen molar-refractivity contribution in [3.05, 3.63) is 6.42 Å². The normalized spacial score (nSPS) is 2.00. The second-order valence-electron chi connectivity index (χ2n) is 0.250. The smallest absolute Gasteiger partial charge is 0 e. The van der Waals surface area contributed by atoms with Crippen LogP contribution < -0.4 is 0 Å². The molecule has 1 heteroatoms. The molecule has 0 bridgehead atoms. The summed E-state index contributed by atoms with van der Waals surface area (Å²) in [4.78, 5) is 0. The molecule has 0 atom stereocenters. The van der Waals surface area contributed by atoms with E-state index in [0.717, 1.165) is 0 Å². The average Bonchev–Trinajstić information content (AvgIpc) is 0.918. The summed E-state index contributed by atoms with van der Waals surface area (Å²) < 4.78 is 0. The third-order valence-electron chi connectivity index (χ3n) is 0. The summed E-state index contributed by atoms with van der Waals surface area (Å²) in [5.74, 6) is 2.00. The average molecular weight is 277 g/mol. The third-order valence-corrected chi connectivity index (χ3v) is 0. The summed E-state index contributed by atoms with van der Waals surface area (Å²) in [5.41, 5.74) is 0. The molecule has 0 aromatic carbocycles. The Kier molecular flexibility index (Phi) is 20.9. The van der Waals surface area contributed by atoms with E-state index in [0.29, 0.717) is 0 Å². The predicted molar refractivity (Wildman–Crippen MR) is 12.8 cm³/mol. The van der Waals surface area contributed by atoms with Gasteiger partial charge in [-0.05, 0) is 6.92 Å². The van der Waals surface area contributed by atoms with Gasteiger partial charge in [0, 0.05) is 31.1 Å².